The molecule has 2 atom stereocenters. The van der Waals surface area contributed by atoms with Crippen LogP contribution in [0.4, 0.5) is 0 Å². The maximum atomic E-state index is 8.91. The van der Waals surface area contributed by atoms with E-state index in [-0.39, 0.29) is 6.61 Å². The largest absolute Gasteiger partial charge is 0.395 e. The van der Waals surface area contributed by atoms with Gasteiger partial charge in [0.1, 0.15) is 0 Å². The van der Waals surface area contributed by atoms with Gasteiger partial charge in [-0.2, -0.15) is 0 Å². The van der Waals surface area contributed by atoms with Gasteiger partial charge < -0.3 is 10.4 Å². The minimum absolute atomic E-state index is 0.271. The average Bonchev–Trinajstić information content (AvgIpc) is 2.81. The Morgan fingerprint density at radius 3 is 2.55 bits per heavy atom. The molecular formula is C9H19NO. The Labute approximate surface area is 69.0 Å². The first kappa shape index (κ1) is 9.01. The molecule has 0 aromatic rings. The van der Waals surface area contributed by atoms with Crippen LogP contribution in [0.3, 0.4) is 0 Å². The van der Waals surface area contributed by atoms with Crippen molar-refractivity contribution in [3.63, 3.8) is 0 Å². The number of aliphatic hydroxyl groups excluding tert-OH is 1. The van der Waals surface area contributed by atoms with Crippen LogP contribution < -0.4 is 5.32 Å². The van der Waals surface area contributed by atoms with Crippen LogP contribution in [0.15, 0.2) is 0 Å². The maximum absolute atomic E-state index is 8.91. The fourth-order valence-corrected chi connectivity index (χ4v) is 1.40. The third-order valence-corrected chi connectivity index (χ3v) is 2.54. The Hall–Kier alpha value is -0.0800. The number of aliphatic hydroxyl groups is 1. The molecular weight excluding hydrogens is 138 g/mol. The van der Waals surface area contributed by atoms with Crippen LogP contribution in [0.2, 0.25) is 0 Å². The molecule has 0 unspecified atom stereocenters. The highest BCUT2D eigenvalue weighted by Crippen LogP contribution is 2.32. The standard InChI is InChI=1S/C9H19NO/c1-3-9(6-11)10-7(2)8-4-5-8/h7-11H,3-6H2,1-2H3/t7-,9-/m0/s1. The number of hydrogen-bond acceptors (Lipinski definition) is 2. The predicted molar refractivity (Wildman–Crippen MR) is 46.5 cm³/mol. The molecule has 0 aromatic heterocycles. The molecule has 11 heavy (non-hydrogen) atoms. The smallest absolute Gasteiger partial charge is 0.0584 e. The summed E-state index contributed by atoms with van der Waals surface area (Å²) in [7, 11) is 0. The van der Waals surface area contributed by atoms with Crippen molar-refractivity contribution in [3.8, 4) is 0 Å². The highest BCUT2D eigenvalue weighted by atomic mass is 16.3. The van der Waals surface area contributed by atoms with Gasteiger partial charge in [-0.15, -0.1) is 0 Å². The third kappa shape index (κ3) is 2.80. The zero-order valence-corrected chi connectivity index (χ0v) is 7.51. The van der Waals surface area contributed by atoms with E-state index in [1.165, 1.54) is 12.8 Å². The van der Waals surface area contributed by atoms with E-state index in [0.717, 1.165) is 12.3 Å². The van der Waals surface area contributed by atoms with Gasteiger partial charge in [-0.05, 0) is 32.1 Å². The van der Waals surface area contributed by atoms with E-state index in [2.05, 4.69) is 19.2 Å². The SMILES string of the molecule is CC[C@@H](CO)N[C@@H](C)C1CC1. The van der Waals surface area contributed by atoms with Crippen LogP contribution in [-0.2, 0) is 0 Å². The molecule has 0 radical (unpaired) electrons. The Morgan fingerprint density at radius 2 is 2.18 bits per heavy atom. The number of hydrogen-bond donors (Lipinski definition) is 2. The quantitative estimate of drug-likeness (QED) is 0.627. The fourth-order valence-electron chi connectivity index (χ4n) is 1.40. The van der Waals surface area contributed by atoms with Crippen LogP contribution in [-0.4, -0.2) is 23.8 Å². The van der Waals surface area contributed by atoms with E-state index in [1.54, 1.807) is 0 Å². The summed E-state index contributed by atoms with van der Waals surface area (Å²) in [5, 5.41) is 12.3. The van der Waals surface area contributed by atoms with Gasteiger partial charge in [0, 0.05) is 12.1 Å². The lowest BCUT2D eigenvalue weighted by molar-refractivity contribution is 0.226. The zero-order valence-electron chi connectivity index (χ0n) is 7.51. The average molecular weight is 157 g/mol. The molecule has 2 N–H and O–H groups in total. The predicted octanol–water partition coefficient (Wildman–Crippen LogP) is 1.15. The van der Waals surface area contributed by atoms with E-state index in [9.17, 15) is 0 Å². The molecule has 1 fully saturated rings. The Kier molecular flexibility index (Phi) is 3.34. The summed E-state index contributed by atoms with van der Waals surface area (Å²) in [4.78, 5) is 0. The minimum atomic E-state index is 0.271. The Bertz CT molecular complexity index is 108. The zero-order chi connectivity index (χ0) is 8.27. The van der Waals surface area contributed by atoms with Gasteiger partial charge in [-0.3, -0.25) is 0 Å². The molecule has 0 heterocycles. The first-order chi connectivity index (χ1) is 5.27. The van der Waals surface area contributed by atoms with Crippen molar-refractivity contribution >= 4 is 0 Å². The summed E-state index contributed by atoms with van der Waals surface area (Å²) in [6, 6.07) is 0.915. The molecule has 66 valence electrons. The summed E-state index contributed by atoms with van der Waals surface area (Å²) >= 11 is 0. The van der Waals surface area contributed by atoms with Crippen molar-refractivity contribution in [2.45, 2.75) is 45.2 Å². The maximum Gasteiger partial charge on any atom is 0.0584 e. The first-order valence-electron chi connectivity index (χ1n) is 4.64. The Morgan fingerprint density at radius 1 is 1.55 bits per heavy atom. The molecule has 0 aromatic carbocycles. The van der Waals surface area contributed by atoms with Crippen molar-refractivity contribution in [1.82, 2.24) is 5.32 Å². The van der Waals surface area contributed by atoms with E-state index in [4.69, 9.17) is 5.11 Å². The molecule has 0 aliphatic heterocycles. The van der Waals surface area contributed by atoms with Crippen molar-refractivity contribution < 1.29 is 5.11 Å². The van der Waals surface area contributed by atoms with Crippen LogP contribution in [0.25, 0.3) is 0 Å². The lowest BCUT2D eigenvalue weighted by atomic mass is 10.1. The molecule has 0 bridgehead atoms. The van der Waals surface area contributed by atoms with E-state index in [0.29, 0.717) is 12.1 Å². The second kappa shape index (κ2) is 4.07. The van der Waals surface area contributed by atoms with Gasteiger partial charge in [-0.1, -0.05) is 6.92 Å². The minimum Gasteiger partial charge on any atom is -0.395 e. The second-order valence-corrected chi connectivity index (χ2v) is 3.58. The number of rotatable bonds is 5. The highest BCUT2D eigenvalue weighted by molar-refractivity contribution is 4.85. The normalized spacial score (nSPS) is 23.2. The van der Waals surface area contributed by atoms with E-state index >= 15 is 0 Å². The van der Waals surface area contributed by atoms with Crippen molar-refractivity contribution in [2.75, 3.05) is 6.61 Å². The van der Waals surface area contributed by atoms with Gasteiger partial charge in [0.15, 0.2) is 0 Å². The van der Waals surface area contributed by atoms with Gasteiger partial charge >= 0.3 is 0 Å². The van der Waals surface area contributed by atoms with E-state index in [1.807, 2.05) is 0 Å². The van der Waals surface area contributed by atoms with Crippen molar-refractivity contribution in [1.29, 1.82) is 0 Å². The van der Waals surface area contributed by atoms with Gasteiger partial charge in [0.25, 0.3) is 0 Å². The summed E-state index contributed by atoms with van der Waals surface area (Å²) < 4.78 is 0. The lowest BCUT2D eigenvalue weighted by Crippen LogP contribution is -2.39. The van der Waals surface area contributed by atoms with Gasteiger partial charge in [-0.25, -0.2) is 0 Å². The summed E-state index contributed by atoms with van der Waals surface area (Å²) in [5.74, 6) is 0.885. The molecule has 1 rings (SSSR count). The van der Waals surface area contributed by atoms with Crippen molar-refractivity contribution in [2.24, 2.45) is 5.92 Å². The number of nitrogens with one attached hydrogen (secondary N) is 1. The molecule has 0 spiro atoms. The van der Waals surface area contributed by atoms with Gasteiger partial charge in [0.2, 0.25) is 0 Å². The highest BCUT2D eigenvalue weighted by Gasteiger charge is 2.28. The first-order valence-corrected chi connectivity index (χ1v) is 4.64. The van der Waals surface area contributed by atoms with Gasteiger partial charge in [0.05, 0.1) is 6.61 Å². The van der Waals surface area contributed by atoms with Crippen LogP contribution in [0.5, 0.6) is 0 Å². The molecule has 2 heteroatoms. The van der Waals surface area contributed by atoms with E-state index < -0.39 is 0 Å². The molecule has 1 aliphatic rings. The summed E-state index contributed by atoms with van der Waals surface area (Å²) in [6.45, 7) is 4.59. The molecule has 0 amide bonds. The second-order valence-electron chi connectivity index (χ2n) is 3.58. The topological polar surface area (TPSA) is 32.3 Å². The fraction of sp³-hybridized carbons (Fsp3) is 1.00. The Balaban J connectivity index is 2.15. The molecule has 0 saturated heterocycles. The molecule has 1 aliphatic carbocycles. The van der Waals surface area contributed by atoms with Crippen LogP contribution >= 0.6 is 0 Å². The third-order valence-electron chi connectivity index (χ3n) is 2.54. The lowest BCUT2D eigenvalue weighted by Gasteiger charge is -2.19. The molecule has 2 nitrogen and oxygen atoms in total. The molecule has 1 saturated carbocycles. The van der Waals surface area contributed by atoms with Crippen LogP contribution in [0, 0.1) is 5.92 Å². The summed E-state index contributed by atoms with van der Waals surface area (Å²) in [6.07, 6.45) is 3.76. The van der Waals surface area contributed by atoms with Crippen molar-refractivity contribution in [3.05, 3.63) is 0 Å². The summed E-state index contributed by atoms with van der Waals surface area (Å²) in [5.41, 5.74) is 0. The van der Waals surface area contributed by atoms with Crippen LogP contribution in [0.1, 0.15) is 33.1 Å². The monoisotopic (exact) mass is 157 g/mol.